The Bertz CT molecular complexity index is 2900. The second-order valence-corrected chi connectivity index (χ2v) is 13.4. The third kappa shape index (κ3) is 4.09. The van der Waals surface area contributed by atoms with Crippen molar-refractivity contribution in [2.75, 3.05) is 0 Å². The Morgan fingerprint density at radius 3 is 1.56 bits per heavy atom. The van der Waals surface area contributed by atoms with Crippen molar-refractivity contribution in [1.29, 1.82) is 0 Å². The molecule has 0 spiro atoms. The van der Waals surface area contributed by atoms with Gasteiger partial charge in [0.25, 0.3) is 0 Å². The van der Waals surface area contributed by atoms with Crippen molar-refractivity contribution < 1.29 is 4.74 Å². The topological polar surface area (TPSA) is 14.2 Å². The zero-order valence-corrected chi connectivity index (χ0v) is 27.1. The first-order valence-electron chi connectivity index (χ1n) is 17.2. The summed E-state index contributed by atoms with van der Waals surface area (Å²) < 4.78 is 8.80. The van der Waals surface area contributed by atoms with E-state index in [1.807, 2.05) is 0 Å². The fourth-order valence-corrected chi connectivity index (χ4v) is 8.09. The van der Waals surface area contributed by atoms with Crippen LogP contribution in [0.25, 0.3) is 93.2 Å². The number of benzene rings is 9. The normalized spacial score (nSPS) is 12.2. The van der Waals surface area contributed by atoms with Crippen LogP contribution in [0.2, 0.25) is 0 Å². The molecular formula is C48H29NO. The molecule has 0 saturated carbocycles. The molecule has 2 nitrogen and oxygen atoms in total. The summed E-state index contributed by atoms with van der Waals surface area (Å²) in [6, 6.07) is 63.9. The maximum Gasteiger partial charge on any atom is 0.135 e. The summed E-state index contributed by atoms with van der Waals surface area (Å²) in [7, 11) is 0. The molecule has 0 N–H and O–H groups in total. The van der Waals surface area contributed by atoms with Gasteiger partial charge in [0.15, 0.2) is 0 Å². The Labute approximate surface area is 289 Å². The predicted octanol–water partition coefficient (Wildman–Crippen LogP) is 13.3. The van der Waals surface area contributed by atoms with Crippen LogP contribution in [0, 0.1) is 0 Å². The molecular weight excluding hydrogens is 607 g/mol. The molecule has 50 heavy (non-hydrogen) atoms. The van der Waals surface area contributed by atoms with Crippen LogP contribution in [0.15, 0.2) is 176 Å². The maximum atomic E-state index is 6.37. The van der Waals surface area contributed by atoms with E-state index >= 15 is 0 Å². The summed E-state index contributed by atoms with van der Waals surface area (Å²) in [6.07, 6.45) is 0. The van der Waals surface area contributed by atoms with Crippen LogP contribution < -0.4 is 4.74 Å². The van der Waals surface area contributed by atoms with Crippen molar-refractivity contribution in [3.8, 4) is 50.6 Å². The molecule has 0 aliphatic carbocycles. The maximum absolute atomic E-state index is 6.37. The standard InChI is InChI=1S/C48H29NO/c1-3-10-36-28-44-41(25-34(36)8-1)42-26-35-9-2-4-11-37(35)29-45(42)49(44)39-21-18-30(19-22-39)32-14-5-15-33(24-32)38-20-23-46-43(27-38)40-16-6-12-31-13-7-17-47(50-46)48(31)40/h1-29H. The van der Waals surface area contributed by atoms with Gasteiger partial charge in [-0.3, -0.25) is 0 Å². The van der Waals surface area contributed by atoms with E-state index in [1.165, 1.54) is 81.9 Å². The van der Waals surface area contributed by atoms with E-state index in [-0.39, 0.29) is 0 Å². The highest BCUT2D eigenvalue weighted by atomic mass is 16.5. The van der Waals surface area contributed by atoms with Crippen molar-refractivity contribution >= 4 is 54.1 Å². The van der Waals surface area contributed by atoms with Gasteiger partial charge in [-0.05, 0) is 115 Å². The molecule has 0 bridgehead atoms. The van der Waals surface area contributed by atoms with Gasteiger partial charge in [-0.25, -0.2) is 0 Å². The molecule has 9 aromatic carbocycles. The minimum absolute atomic E-state index is 0.901. The Morgan fingerprint density at radius 2 is 0.880 bits per heavy atom. The van der Waals surface area contributed by atoms with Crippen LogP contribution in [0.5, 0.6) is 11.5 Å². The molecule has 0 radical (unpaired) electrons. The molecule has 0 saturated heterocycles. The highest BCUT2D eigenvalue weighted by molar-refractivity contribution is 6.16. The van der Waals surface area contributed by atoms with E-state index < -0.39 is 0 Å². The van der Waals surface area contributed by atoms with E-state index in [0.29, 0.717) is 0 Å². The van der Waals surface area contributed by atoms with Crippen LogP contribution in [0.4, 0.5) is 0 Å². The van der Waals surface area contributed by atoms with Crippen LogP contribution >= 0.6 is 0 Å². The van der Waals surface area contributed by atoms with Gasteiger partial charge < -0.3 is 9.30 Å². The second kappa shape index (κ2) is 10.4. The number of fused-ring (bicyclic) bond motifs is 7. The molecule has 11 rings (SSSR count). The number of hydrogen-bond acceptors (Lipinski definition) is 1. The lowest BCUT2D eigenvalue weighted by Gasteiger charge is -2.22. The first-order valence-corrected chi connectivity index (χ1v) is 17.2. The Balaban J connectivity index is 1.01. The molecule has 0 unspecified atom stereocenters. The van der Waals surface area contributed by atoms with Gasteiger partial charge in [0.2, 0.25) is 0 Å². The lowest BCUT2D eigenvalue weighted by molar-refractivity contribution is 0.487. The van der Waals surface area contributed by atoms with Gasteiger partial charge in [-0.2, -0.15) is 0 Å². The smallest absolute Gasteiger partial charge is 0.135 e. The number of aromatic nitrogens is 1. The summed E-state index contributed by atoms with van der Waals surface area (Å²) in [6.45, 7) is 0. The van der Waals surface area contributed by atoms with Gasteiger partial charge in [0.05, 0.1) is 11.0 Å². The van der Waals surface area contributed by atoms with E-state index in [9.17, 15) is 0 Å². The number of rotatable bonds is 3. The quantitative estimate of drug-likeness (QED) is 0.188. The van der Waals surface area contributed by atoms with Gasteiger partial charge in [-0.1, -0.05) is 115 Å². The summed E-state index contributed by atoms with van der Waals surface area (Å²) in [5.74, 6) is 1.82. The molecule has 1 aliphatic rings. The van der Waals surface area contributed by atoms with Gasteiger partial charge >= 0.3 is 0 Å². The minimum atomic E-state index is 0.901. The molecule has 232 valence electrons. The summed E-state index contributed by atoms with van der Waals surface area (Å²) >= 11 is 0. The largest absolute Gasteiger partial charge is 0.456 e. The number of ether oxygens (including phenoxy) is 1. The zero-order chi connectivity index (χ0) is 32.8. The molecule has 0 fully saturated rings. The molecule has 0 atom stereocenters. The summed E-state index contributed by atoms with van der Waals surface area (Å²) in [5.41, 5.74) is 10.7. The fourth-order valence-electron chi connectivity index (χ4n) is 8.09. The fraction of sp³-hybridized carbons (Fsp3) is 0. The minimum Gasteiger partial charge on any atom is -0.456 e. The first-order chi connectivity index (χ1) is 24.7. The Morgan fingerprint density at radius 1 is 0.340 bits per heavy atom. The Hall–Kier alpha value is -6.64. The molecule has 1 aliphatic heterocycles. The molecule has 1 aromatic heterocycles. The molecule has 0 amide bonds. The summed E-state index contributed by atoms with van der Waals surface area (Å²) in [4.78, 5) is 0. The first kappa shape index (κ1) is 27.3. The average molecular weight is 636 g/mol. The van der Waals surface area contributed by atoms with Gasteiger partial charge in [0.1, 0.15) is 11.5 Å². The number of nitrogens with zero attached hydrogens (tertiary/aromatic N) is 1. The lowest BCUT2D eigenvalue weighted by Crippen LogP contribution is -1.97. The van der Waals surface area contributed by atoms with E-state index in [1.54, 1.807) is 0 Å². The molecule has 2 heteroatoms. The zero-order valence-electron chi connectivity index (χ0n) is 27.1. The van der Waals surface area contributed by atoms with E-state index in [2.05, 4.69) is 180 Å². The average Bonchev–Trinajstić information content (AvgIpc) is 3.48. The third-order valence-electron chi connectivity index (χ3n) is 10.5. The molecule has 10 aromatic rings. The van der Waals surface area contributed by atoms with Crippen molar-refractivity contribution in [2.45, 2.75) is 0 Å². The van der Waals surface area contributed by atoms with E-state index in [4.69, 9.17) is 4.74 Å². The number of hydrogen-bond donors (Lipinski definition) is 0. The van der Waals surface area contributed by atoms with Crippen LogP contribution in [0.3, 0.4) is 0 Å². The van der Waals surface area contributed by atoms with Crippen molar-refractivity contribution in [2.24, 2.45) is 0 Å². The van der Waals surface area contributed by atoms with Crippen molar-refractivity contribution in [3.63, 3.8) is 0 Å². The van der Waals surface area contributed by atoms with Gasteiger partial charge in [0, 0.05) is 27.4 Å². The highest BCUT2D eigenvalue weighted by Crippen LogP contribution is 2.47. The van der Waals surface area contributed by atoms with Crippen LogP contribution in [0.1, 0.15) is 0 Å². The lowest BCUT2D eigenvalue weighted by atomic mass is 9.91. The third-order valence-corrected chi connectivity index (χ3v) is 10.5. The Kier molecular flexibility index (Phi) is 5.70. The van der Waals surface area contributed by atoms with Gasteiger partial charge in [-0.15, -0.1) is 0 Å². The second-order valence-electron chi connectivity index (χ2n) is 13.4. The van der Waals surface area contributed by atoms with Crippen LogP contribution in [-0.4, -0.2) is 4.57 Å². The predicted molar refractivity (Wildman–Crippen MR) is 210 cm³/mol. The van der Waals surface area contributed by atoms with Crippen LogP contribution in [-0.2, 0) is 0 Å². The van der Waals surface area contributed by atoms with E-state index in [0.717, 1.165) is 22.7 Å². The highest BCUT2D eigenvalue weighted by Gasteiger charge is 2.20. The monoisotopic (exact) mass is 635 g/mol. The SMILES string of the molecule is c1cc(-c2ccc(-n3c4cc5ccccc5cc4c4cc5ccccc5cc43)cc2)cc(-c2ccc3c(c2)-c2cccc4cccc(c24)O3)c1. The summed E-state index contributed by atoms with van der Waals surface area (Å²) in [5, 5.41) is 9.94. The molecule has 2 heterocycles. The van der Waals surface area contributed by atoms with Crippen molar-refractivity contribution in [1.82, 2.24) is 4.57 Å². The van der Waals surface area contributed by atoms with Crippen molar-refractivity contribution in [3.05, 3.63) is 176 Å².